The summed E-state index contributed by atoms with van der Waals surface area (Å²) in [5.41, 5.74) is 2.93. The number of hydrogen-bond acceptors (Lipinski definition) is 3. The maximum absolute atomic E-state index is 12.4. The highest BCUT2D eigenvalue weighted by atomic mass is 32.1. The van der Waals surface area contributed by atoms with Gasteiger partial charge in [0.2, 0.25) is 5.91 Å². The molecule has 2 aliphatic rings. The van der Waals surface area contributed by atoms with Gasteiger partial charge in [0.1, 0.15) is 10.7 Å². The smallest absolute Gasteiger partial charge is 0.224 e. The number of benzene rings is 1. The third kappa shape index (κ3) is 3.34. The van der Waals surface area contributed by atoms with Gasteiger partial charge in [0, 0.05) is 31.6 Å². The Kier molecular flexibility index (Phi) is 5.29. The standard InChI is InChI=1S/C21H30N2O2S/c1-14-13-21(3,4)23(15(2)24)18-12-19(25-5)17(11-16(14)18)20(26)22-9-7-6-8-10-22/h11-12,14H,6-10,13H2,1-5H3. The molecule has 1 aromatic carbocycles. The number of anilines is 1. The minimum absolute atomic E-state index is 0.0663. The zero-order chi connectivity index (χ0) is 19.1. The van der Waals surface area contributed by atoms with Crippen LogP contribution in [-0.2, 0) is 4.79 Å². The van der Waals surface area contributed by atoms with Gasteiger partial charge in [-0.1, -0.05) is 19.1 Å². The fourth-order valence-electron chi connectivity index (χ4n) is 4.65. The lowest BCUT2D eigenvalue weighted by atomic mass is 9.79. The van der Waals surface area contributed by atoms with E-state index in [0.717, 1.165) is 41.5 Å². The molecule has 1 saturated heterocycles. The van der Waals surface area contributed by atoms with Crippen LogP contribution in [0.25, 0.3) is 0 Å². The molecule has 1 aromatic rings. The van der Waals surface area contributed by atoms with Crippen molar-refractivity contribution in [2.24, 2.45) is 0 Å². The van der Waals surface area contributed by atoms with Crippen molar-refractivity contribution >= 4 is 28.8 Å². The molecular formula is C21H30N2O2S. The third-order valence-electron chi connectivity index (χ3n) is 5.72. The summed E-state index contributed by atoms with van der Waals surface area (Å²) in [7, 11) is 1.68. The van der Waals surface area contributed by atoms with Gasteiger partial charge in [0.25, 0.3) is 0 Å². The van der Waals surface area contributed by atoms with Crippen molar-refractivity contribution in [1.82, 2.24) is 4.90 Å². The van der Waals surface area contributed by atoms with Gasteiger partial charge in [-0.25, -0.2) is 0 Å². The molecule has 0 N–H and O–H groups in total. The Morgan fingerprint density at radius 1 is 1.23 bits per heavy atom. The van der Waals surface area contributed by atoms with Crippen LogP contribution in [0.1, 0.15) is 70.4 Å². The first kappa shape index (κ1) is 19.2. The van der Waals surface area contributed by atoms with E-state index < -0.39 is 0 Å². The Morgan fingerprint density at radius 3 is 2.46 bits per heavy atom. The van der Waals surface area contributed by atoms with Gasteiger partial charge in [-0.3, -0.25) is 4.79 Å². The van der Waals surface area contributed by atoms with Gasteiger partial charge in [0.05, 0.1) is 18.4 Å². The summed E-state index contributed by atoms with van der Waals surface area (Å²) in [5, 5.41) is 0. The van der Waals surface area contributed by atoms with Crippen LogP contribution in [0.5, 0.6) is 5.75 Å². The summed E-state index contributed by atoms with van der Waals surface area (Å²) in [6.45, 7) is 10.2. The normalized spacial score (nSPS) is 22.0. The molecular weight excluding hydrogens is 344 g/mol. The molecule has 2 aliphatic heterocycles. The van der Waals surface area contributed by atoms with Crippen molar-refractivity contribution in [3.8, 4) is 5.75 Å². The number of ether oxygens (including phenoxy) is 1. The van der Waals surface area contributed by atoms with Crippen molar-refractivity contribution < 1.29 is 9.53 Å². The van der Waals surface area contributed by atoms with Crippen LogP contribution in [0.4, 0.5) is 5.69 Å². The van der Waals surface area contributed by atoms with E-state index in [1.165, 1.54) is 24.8 Å². The molecule has 1 unspecified atom stereocenters. The summed E-state index contributed by atoms with van der Waals surface area (Å²) in [5.74, 6) is 1.19. The highest BCUT2D eigenvalue weighted by molar-refractivity contribution is 7.80. The number of fused-ring (bicyclic) bond motifs is 1. The second-order valence-electron chi connectivity index (χ2n) is 8.24. The fraction of sp³-hybridized carbons (Fsp3) is 0.619. The molecule has 0 aliphatic carbocycles. The predicted molar refractivity (Wildman–Crippen MR) is 110 cm³/mol. The molecule has 0 bridgehead atoms. The zero-order valence-electron chi connectivity index (χ0n) is 16.6. The summed E-state index contributed by atoms with van der Waals surface area (Å²) < 4.78 is 5.70. The number of methoxy groups -OCH3 is 1. The summed E-state index contributed by atoms with van der Waals surface area (Å²) >= 11 is 5.83. The first-order chi connectivity index (χ1) is 12.3. The van der Waals surface area contributed by atoms with Crippen LogP contribution in [0.15, 0.2) is 12.1 Å². The zero-order valence-corrected chi connectivity index (χ0v) is 17.4. The average Bonchev–Trinajstić information content (AvgIpc) is 2.59. The van der Waals surface area contributed by atoms with E-state index >= 15 is 0 Å². The average molecular weight is 375 g/mol. The third-order valence-corrected chi connectivity index (χ3v) is 6.20. The highest BCUT2D eigenvalue weighted by Crippen LogP contribution is 2.46. The van der Waals surface area contributed by atoms with Crippen molar-refractivity contribution in [3.63, 3.8) is 0 Å². The molecule has 142 valence electrons. The molecule has 0 aromatic heterocycles. The lowest BCUT2D eigenvalue weighted by Gasteiger charge is -2.46. The number of carbonyl (C=O) groups excluding carboxylic acids is 1. The Labute approximate surface area is 162 Å². The van der Waals surface area contributed by atoms with Crippen LogP contribution >= 0.6 is 12.2 Å². The Bertz CT molecular complexity index is 723. The van der Waals surface area contributed by atoms with Crippen molar-refractivity contribution in [1.29, 1.82) is 0 Å². The van der Waals surface area contributed by atoms with E-state index in [1.807, 2.05) is 11.0 Å². The predicted octanol–water partition coefficient (Wildman–Crippen LogP) is 4.50. The lowest BCUT2D eigenvalue weighted by molar-refractivity contribution is -0.117. The fourth-order valence-corrected chi connectivity index (χ4v) is 4.99. The summed E-state index contributed by atoms with van der Waals surface area (Å²) in [4.78, 5) is 17.5. The van der Waals surface area contributed by atoms with Gasteiger partial charge in [0.15, 0.2) is 0 Å². The van der Waals surface area contributed by atoms with E-state index in [2.05, 4.69) is 31.7 Å². The van der Waals surface area contributed by atoms with E-state index in [4.69, 9.17) is 17.0 Å². The van der Waals surface area contributed by atoms with E-state index in [0.29, 0.717) is 5.92 Å². The Hall–Kier alpha value is -1.62. The first-order valence-corrected chi connectivity index (χ1v) is 9.99. The van der Waals surface area contributed by atoms with Crippen LogP contribution < -0.4 is 9.64 Å². The van der Waals surface area contributed by atoms with Gasteiger partial charge in [-0.15, -0.1) is 0 Å². The summed E-state index contributed by atoms with van der Waals surface area (Å²) in [6, 6.07) is 4.18. The monoisotopic (exact) mass is 374 g/mol. The second kappa shape index (κ2) is 7.18. The van der Waals surface area contributed by atoms with Crippen LogP contribution in [0, 0.1) is 0 Å². The van der Waals surface area contributed by atoms with Gasteiger partial charge < -0.3 is 14.5 Å². The minimum atomic E-state index is -0.210. The molecule has 4 nitrogen and oxygen atoms in total. The van der Waals surface area contributed by atoms with E-state index in [1.54, 1.807) is 14.0 Å². The van der Waals surface area contributed by atoms with Crippen LogP contribution in [-0.4, -0.2) is 41.5 Å². The maximum atomic E-state index is 12.4. The van der Waals surface area contributed by atoms with E-state index in [-0.39, 0.29) is 11.4 Å². The SMILES string of the molecule is COc1cc2c(cc1C(=S)N1CCCCC1)C(C)CC(C)(C)N2C(C)=O. The van der Waals surface area contributed by atoms with Crippen molar-refractivity contribution in [2.45, 2.75) is 64.8 Å². The molecule has 2 heterocycles. The lowest BCUT2D eigenvalue weighted by Crippen LogP contribution is -2.50. The second-order valence-corrected chi connectivity index (χ2v) is 8.62. The van der Waals surface area contributed by atoms with Gasteiger partial charge in [-0.05, 0) is 57.1 Å². The van der Waals surface area contributed by atoms with Gasteiger partial charge >= 0.3 is 0 Å². The number of thiocarbonyl (C=S) groups is 1. The van der Waals surface area contributed by atoms with Crippen LogP contribution in [0.3, 0.4) is 0 Å². The number of rotatable bonds is 2. The summed E-state index contributed by atoms with van der Waals surface area (Å²) in [6.07, 6.45) is 4.59. The highest BCUT2D eigenvalue weighted by Gasteiger charge is 2.39. The molecule has 1 atom stereocenters. The molecule has 0 saturated carbocycles. The number of hydrogen-bond donors (Lipinski definition) is 0. The minimum Gasteiger partial charge on any atom is -0.496 e. The molecule has 5 heteroatoms. The van der Waals surface area contributed by atoms with Crippen molar-refractivity contribution in [2.75, 3.05) is 25.1 Å². The molecule has 1 amide bonds. The largest absolute Gasteiger partial charge is 0.496 e. The first-order valence-electron chi connectivity index (χ1n) is 9.58. The molecule has 0 radical (unpaired) electrons. The maximum Gasteiger partial charge on any atom is 0.224 e. The molecule has 0 spiro atoms. The Morgan fingerprint density at radius 2 is 1.88 bits per heavy atom. The Balaban J connectivity index is 2.09. The molecule has 3 rings (SSSR count). The van der Waals surface area contributed by atoms with Gasteiger partial charge in [-0.2, -0.15) is 0 Å². The van der Waals surface area contributed by atoms with Crippen LogP contribution in [0.2, 0.25) is 0 Å². The molecule has 26 heavy (non-hydrogen) atoms. The number of piperidine rings is 1. The molecule has 1 fully saturated rings. The topological polar surface area (TPSA) is 32.8 Å². The number of carbonyl (C=O) groups is 1. The number of nitrogens with zero attached hydrogens (tertiary/aromatic N) is 2. The van der Waals surface area contributed by atoms with Crippen molar-refractivity contribution in [3.05, 3.63) is 23.3 Å². The quantitative estimate of drug-likeness (QED) is 0.714. The number of amides is 1. The van der Waals surface area contributed by atoms with E-state index in [9.17, 15) is 4.79 Å². The number of likely N-dealkylation sites (tertiary alicyclic amines) is 1.